The molecule has 3 heterocycles. The number of nitrogens with one attached hydrogen (secondary N) is 1. The van der Waals surface area contributed by atoms with Crippen molar-refractivity contribution < 1.29 is 4.39 Å². The summed E-state index contributed by atoms with van der Waals surface area (Å²) < 4.78 is 15.6. The summed E-state index contributed by atoms with van der Waals surface area (Å²) in [4.78, 5) is 12.7. The van der Waals surface area contributed by atoms with Crippen molar-refractivity contribution in [2.45, 2.75) is 6.54 Å². The van der Waals surface area contributed by atoms with Gasteiger partial charge in [-0.2, -0.15) is 0 Å². The van der Waals surface area contributed by atoms with E-state index in [1.54, 1.807) is 41.3 Å². The fraction of sp³-hybridized carbons (Fsp3) is 0.0556. The molecule has 0 aliphatic heterocycles. The molecule has 0 saturated carbocycles. The van der Waals surface area contributed by atoms with Crippen molar-refractivity contribution in [3.63, 3.8) is 0 Å². The fourth-order valence-electron chi connectivity index (χ4n) is 2.74. The minimum Gasteiger partial charge on any atom is -0.397 e. The van der Waals surface area contributed by atoms with E-state index >= 15 is 0 Å². The average molecular weight is 349 g/mol. The number of para-hydroxylation sites is 1. The minimum atomic E-state index is -0.424. The minimum absolute atomic E-state index is 0.182. The summed E-state index contributed by atoms with van der Waals surface area (Å²) in [7, 11) is 0. The van der Waals surface area contributed by atoms with E-state index < -0.39 is 5.82 Å². The van der Waals surface area contributed by atoms with Gasteiger partial charge in [-0.1, -0.05) is 6.07 Å². The van der Waals surface area contributed by atoms with Gasteiger partial charge >= 0.3 is 0 Å². The Balaban J connectivity index is 1.63. The molecule has 1 aromatic carbocycles. The zero-order chi connectivity index (χ0) is 18.1. The van der Waals surface area contributed by atoms with Crippen LogP contribution in [0.15, 0.2) is 55.1 Å². The standard InChI is InChI=1S/C18H16FN7/c19-14-5-1-4-13-16(14)25-18(21)26-10-12(24-17(13)26)8-23-9-15(20)11-3-2-6-22-7-11/h1-7,9-10,23H,8,20H2,(H2,21,25)/b15-9-. The summed E-state index contributed by atoms with van der Waals surface area (Å²) in [5.74, 6) is -0.242. The molecule has 5 N–H and O–H groups in total. The van der Waals surface area contributed by atoms with Crippen LogP contribution in [0.3, 0.4) is 0 Å². The SMILES string of the molecule is N/C(=C\NCc1cn2c(N)nc3c(F)cccc3c2n1)c1cccnc1. The molecule has 0 unspecified atom stereocenters. The van der Waals surface area contributed by atoms with Crippen LogP contribution in [-0.4, -0.2) is 19.4 Å². The maximum atomic E-state index is 14.0. The number of nitrogens with zero attached hydrogens (tertiary/aromatic N) is 4. The van der Waals surface area contributed by atoms with E-state index in [0.29, 0.717) is 23.3 Å². The third-order valence-electron chi connectivity index (χ3n) is 3.99. The maximum Gasteiger partial charge on any atom is 0.206 e. The molecule has 0 spiro atoms. The monoisotopic (exact) mass is 349 g/mol. The number of hydrogen-bond acceptors (Lipinski definition) is 6. The van der Waals surface area contributed by atoms with Crippen LogP contribution in [0, 0.1) is 5.82 Å². The van der Waals surface area contributed by atoms with Gasteiger partial charge < -0.3 is 16.8 Å². The van der Waals surface area contributed by atoms with Crippen LogP contribution >= 0.6 is 0 Å². The number of anilines is 1. The summed E-state index contributed by atoms with van der Waals surface area (Å²) in [6.45, 7) is 0.429. The first-order chi connectivity index (χ1) is 12.6. The Morgan fingerprint density at radius 2 is 2.12 bits per heavy atom. The molecule has 130 valence electrons. The summed E-state index contributed by atoms with van der Waals surface area (Å²) in [6, 6.07) is 8.43. The van der Waals surface area contributed by atoms with Crippen molar-refractivity contribution in [1.82, 2.24) is 24.7 Å². The van der Waals surface area contributed by atoms with E-state index in [0.717, 1.165) is 11.3 Å². The third kappa shape index (κ3) is 2.77. The van der Waals surface area contributed by atoms with Gasteiger partial charge in [-0.3, -0.25) is 9.38 Å². The Labute approximate surface area is 148 Å². The van der Waals surface area contributed by atoms with Crippen LogP contribution in [-0.2, 0) is 6.54 Å². The highest BCUT2D eigenvalue weighted by Gasteiger charge is 2.12. The highest BCUT2D eigenvalue weighted by molar-refractivity contribution is 5.92. The molecule has 4 aromatic rings. The molecule has 8 heteroatoms. The van der Waals surface area contributed by atoms with E-state index in [1.807, 2.05) is 12.1 Å². The molecule has 0 radical (unpaired) electrons. The molecule has 0 amide bonds. The summed E-state index contributed by atoms with van der Waals surface area (Å²) in [5, 5.41) is 3.72. The van der Waals surface area contributed by atoms with Crippen LogP contribution in [0.25, 0.3) is 22.2 Å². The second kappa shape index (κ2) is 6.32. The lowest BCUT2D eigenvalue weighted by atomic mass is 10.2. The van der Waals surface area contributed by atoms with Gasteiger partial charge in [0.15, 0.2) is 0 Å². The van der Waals surface area contributed by atoms with Gasteiger partial charge in [0.2, 0.25) is 5.95 Å². The zero-order valence-electron chi connectivity index (χ0n) is 13.7. The zero-order valence-corrected chi connectivity index (χ0v) is 13.7. The van der Waals surface area contributed by atoms with E-state index in [2.05, 4.69) is 20.3 Å². The largest absolute Gasteiger partial charge is 0.397 e. The summed E-state index contributed by atoms with van der Waals surface area (Å²) in [6.07, 6.45) is 6.83. The number of imidazole rings is 1. The lowest BCUT2D eigenvalue weighted by Crippen LogP contribution is -2.09. The second-order valence-electron chi connectivity index (χ2n) is 5.75. The van der Waals surface area contributed by atoms with Gasteiger partial charge in [-0.25, -0.2) is 14.4 Å². The number of aromatic nitrogens is 4. The van der Waals surface area contributed by atoms with Gasteiger partial charge in [0.05, 0.1) is 17.9 Å². The number of halogens is 1. The number of pyridine rings is 1. The lowest BCUT2D eigenvalue weighted by molar-refractivity contribution is 0.636. The van der Waals surface area contributed by atoms with Crippen LogP contribution in [0.4, 0.5) is 10.3 Å². The summed E-state index contributed by atoms with van der Waals surface area (Å²) >= 11 is 0. The Kier molecular flexibility index (Phi) is 3.85. The summed E-state index contributed by atoms with van der Waals surface area (Å²) in [5.41, 5.74) is 14.8. The molecule has 0 saturated heterocycles. The molecular weight excluding hydrogens is 333 g/mol. The van der Waals surface area contributed by atoms with Gasteiger partial charge in [-0.15, -0.1) is 0 Å². The van der Waals surface area contributed by atoms with E-state index in [9.17, 15) is 4.39 Å². The molecule has 4 rings (SSSR count). The van der Waals surface area contributed by atoms with Crippen molar-refractivity contribution >= 4 is 28.2 Å². The molecule has 7 nitrogen and oxygen atoms in total. The first kappa shape index (κ1) is 15.8. The van der Waals surface area contributed by atoms with Gasteiger partial charge in [0.25, 0.3) is 0 Å². The number of fused-ring (bicyclic) bond motifs is 3. The van der Waals surface area contributed by atoms with Crippen molar-refractivity contribution in [1.29, 1.82) is 0 Å². The molecule has 3 aromatic heterocycles. The van der Waals surface area contributed by atoms with Crippen LogP contribution in [0.1, 0.15) is 11.3 Å². The van der Waals surface area contributed by atoms with Crippen molar-refractivity contribution in [2.24, 2.45) is 5.73 Å². The number of benzene rings is 1. The molecule has 0 aliphatic rings. The Bertz CT molecular complexity index is 1120. The highest BCUT2D eigenvalue weighted by Crippen LogP contribution is 2.22. The number of nitrogens with two attached hydrogens (primary N) is 2. The Morgan fingerprint density at radius 3 is 2.92 bits per heavy atom. The molecular formula is C18H16FN7. The molecule has 0 aliphatic carbocycles. The van der Waals surface area contributed by atoms with Gasteiger partial charge in [0, 0.05) is 35.7 Å². The van der Waals surface area contributed by atoms with E-state index in [-0.39, 0.29) is 11.5 Å². The van der Waals surface area contributed by atoms with Crippen LogP contribution in [0.5, 0.6) is 0 Å². The normalized spacial score (nSPS) is 12.0. The van der Waals surface area contributed by atoms with Gasteiger partial charge in [0.1, 0.15) is 17.0 Å². The predicted octanol–water partition coefficient (Wildman–Crippen LogP) is 2.05. The highest BCUT2D eigenvalue weighted by atomic mass is 19.1. The molecule has 0 atom stereocenters. The number of rotatable bonds is 4. The first-order valence-electron chi connectivity index (χ1n) is 7.94. The molecule has 0 bridgehead atoms. The lowest BCUT2D eigenvalue weighted by Gasteiger charge is -2.03. The smallest absolute Gasteiger partial charge is 0.206 e. The molecule has 26 heavy (non-hydrogen) atoms. The number of hydrogen-bond donors (Lipinski definition) is 3. The van der Waals surface area contributed by atoms with E-state index in [1.165, 1.54) is 6.07 Å². The fourth-order valence-corrected chi connectivity index (χ4v) is 2.74. The quantitative estimate of drug-likeness (QED) is 0.520. The maximum absolute atomic E-state index is 14.0. The molecule has 0 fully saturated rings. The van der Waals surface area contributed by atoms with Crippen LogP contribution < -0.4 is 16.8 Å². The van der Waals surface area contributed by atoms with Crippen molar-refractivity contribution in [3.05, 3.63) is 72.2 Å². The van der Waals surface area contributed by atoms with Crippen LogP contribution in [0.2, 0.25) is 0 Å². The predicted molar refractivity (Wildman–Crippen MR) is 98.1 cm³/mol. The van der Waals surface area contributed by atoms with Crippen molar-refractivity contribution in [3.8, 4) is 0 Å². The number of nitrogen functional groups attached to an aromatic ring is 1. The first-order valence-corrected chi connectivity index (χ1v) is 7.94. The average Bonchev–Trinajstić information content (AvgIpc) is 3.08. The Hall–Kier alpha value is -3.68. The third-order valence-corrected chi connectivity index (χ3v) is 3.99. The Morgan fingerprint density at radius 1 is 1.23 bits per heavy atom. The van der Waals surface area contributed by atoms with Crippen molar-refractivity contribution in [2.75, 3.05) is 5.73 Å². The van der Waals surface area contributed by atoms with E-state index in [4.69, 9.17) is 11.5 Å². The topological polar surface area (TPSA) is 107 Å². The second-order valence-corrected chi connectivity index (χ2v) is 5.75. The van der Waals surface area contributed by atoms with Gasteiger partial charge in [-0.05, 0) is 24.3 Å².